The number of halogens is 1. The summed E-state index contributed by atoms with van der Waals surface area (Å²) in [6.07, 6.45) is 1.64. The highest BCUT2D eigenvalue weighted by Gasteiger charge is 2.20. The molecule has 0 aliphatic carbocycles. The van der Waals surface area contributed by atoms with Crippen molar-refractivity contribution in [2.24, 2.45) is 0 Å². The Morgan fingerprint density at radius 3 is 3.05 bits per heavy atom. The van der Waals surface area contributed by atoms with E-state index in [1.165, 1.54) is 12.1 Å². The van der Waals surface area contributed by atoms with E-state index >= 15 is 0 Å². The summed E-state index contributed by atoms with van der Waals surface area (Å²) in [5.74, 6) is 0.414. The van der Waals surface area contributed by atoms with Crippen molar-refractivity contribution in [1.82, 2.24) is 20.7 Å². The molecule has 0 bridgehead atoms. The number of hydrogen-bond acceptors (Lipinski definition) is 4. The third kappa shape index (κ3) is 2.22. The van der Waals surface area contributed by atoms with E-state index in [1.54, 1.807) is 12.3 Å². The van der Waals surface area contributed by atoms with Crippen LogP contribution in [0.3, 0.4) is 0 Å². The fourth-order valence-electron chi connectivity index (χ4n) is 2.08. The molecule has 0 radical (unpaired) electrons. The molecule has 0 aliphatic rings. The molecule has 6 heteroatoms. The molecule has 3 rings (SSSR count). The van der Waals surface area contributed by atoms with E-state index in [0.717, 1.165) is 17.6 Å². The van der Waals surface area contributed by atoms with Gasteiger partial charge >= 0.3 is 0 Å². The first-order valence-electron chi connectivity index (χ1n) is 6.06. The second kappa shape index (κ2) is 4.81. The summed E-state index contributed by atoms with van der Waals surface area (Å²) in [5.41, 5.74) is 1.39. The summed E-state index contributed by atoms with van der Waals surface area (Å²) >= 11 is 0. The lowest BCUT2D eigenvalue weighted by atomic mass is 10.1. The quantitative estimate of drug-likeness (QED) is 0.756. The highest BCUT2D eigenvalue weighted by atomic mass is 19.1. The SMILES string of the molecule is CCNC(c1cn[nH]n1)c1cc2cc(F)ccc2o1. The number of rotatable bonds is 4. The number of aromatic nitrogens is 3. The van der Waals surface area contributed by atoms with Gasteiger partial charge in [-0.15, -0.1) is 0 Å². The van der Waals surface area contributed by atoms with Gasteiger partial charge in [0.2, 0.25) is 0 Å². The molecule has 3 aromatic rings. The lowest BCUT2D eigenvalue weighted by Gasteiger charge is -2.11. The van der Waals surface area contributed by atoms with Crippen molar-refractivity contribution >= 4 is 11.0 Å². The van der Waals surface area contributed by atoms with Crippen LogP contribution in [0.15, 0.2) is 34.9 Å². The molecule has 0 amide bonds. The van der Waals surface area contributed by atoms with Crippen molar-refractivity contribution < 1.29 is 8.81 Å². The van der Waals surface area contributed by atoms with Crippen LogP contribution in [0.4, 0.5) is 4.39 Å². The molecule has 1 aromatic carbocycles. The molecule has 5 nitrogen and oxygen atoms in total. The molecule has 98 valence electrons. The maximum atomic E-state index is 13.2. The van der Waals surface area contributed by atoms with Crippen LogP contribution in [0.1, 0.15) is 24.4 Å². The first-order chi connectivity index (χ1) is 9.28. The van der Waals surface area contributed by atoms with Crippen LogP contribution in [0.5, 0.6) is 0 Å². The first-order valence-corrected chi connectivity index (χ1v) is 6.06. The van der Waals surface area contributed by atoms with Crippen LogP contribution in [-0.4, -0.2) is 22.0 Å². The van der Waals surface area contributed by atoms with Crippen molar-refractivity contribution in [2.75, 3.05) is 6.54 Å². The van der Waals surface area contributed by atoms with Crippen LogP contribution < -0.4 is 5.32 Å². The average molecular weight is 260 g/mol. The Hall–Kier alpha value is -2.21. The van der Waals surface area contributed by atoms with Crippen LogP contribution >= 0.6 is 0 Å². The van der Waals surface area contributed by atoms with Gasteiger partial charge in [-0.1, -0.05) is 6.92 Å². The zero-order chi connectivity index (χ0) is 13.2. The Balaban J connectivity index is 2.05. The highest BCUT2D eigenvalue weighted by molar-refractivity contribution is 5.78. The van der Waals surface area contributed by atoms with E-state index in [9.17, 15) is 4.39 Å². The van der Waals surface area contributed by atoms with E-state index in [2.05, 4.69) is 20.7 Å². The Morgan fingerprint density at radius 1 is 1.42 bits per heavy atom. The lowest BCUT2D eigenvalue weighted by Crippen LogP contribution is -2.21. The topological polar surface area (TPSA) is 66.7 Å². The normalized spacial score (nSPS) is 12.9. The van der Waals surface area contributed by atoms with Crippen molar-refractivity contribution in [3.8, 4) is 0 Å². The van der Waals surface area contributed by atoms with Crippen molar-refractivity contribution in [3.05, 3.63) is 47.7 Å². The van der Waals surface area contributed by atoms with Gasteiger partial charge in [-0.2, -0.15) is 15.4 Å². The highest BCUT2D eigenvalue weighted by Crippen LogP contribution is 2.27. The molecule has 2 aromatic heterocycles. The minimum Gasteiger partial charge on any atom is -0.459 e. The van der Waals surface area contributed by atoms with E-state index in [0.29, 0.717) is 11.3 Å². The third-order valence-corrected chi connectivity index (χ3v) is 2.92. The van der Waals surface area contributed by atoms with Gasteiger partial charge in [0.05, 0.1) is 6.20 Å². The number of furan rings is 1. The van der Waals surface area contributed by atoms with Crippen molar-refractivity contribution in [1.29, 1.82) is 0 Å². The summed E-state index contributed by atoms with van der Waals surface area (Å²) in [6.45, 7) is 2.75. The van der Waals surface area contributed by atoms with Crippen LogP contribution in [0.25, 0.3) is 11.0 Å². The molecular formula is C13H13FN4O. The zero-order valence-electron chi connectivity index (χ0n) is 10.4. The van der Waals surface area contributed by atoms with Gasteiger partial charge in [0.1, 0.15) is 28.9 Å². The Labute approximate surface area is 108 Å². The first kappa shape index (κ1) is 11.9. The average Bonchev–Trinajstić information content (AvgIpc) is 3.04. The summed E-state index contributed by atoms with van der Waals surface area (Å²) in [5, 5.41) is 14.5. The predicted octanol–water partition coefficient (Wildman–Crippen LogP) is 2.39. The van der Waals surface area contributed by atoms with E-state index < -0.39 is 0 Å². The van der Waals surface area contributed by atoms with Gasteiger partial charge < -0.3 is 9.73 Å². The summed E-state index contributed by atoms with van der Waals surface area (Å²) in [7, 11) is 0. The minimum atomic E-state index is -0.277. The Morgan fingerprint density at radius 2 is 2.32 bits per heavy atom. The molecule has 1 atom stereocenters. The number of fused-ring (bicyclic) bond motifs is 1. The molecule has 2 heterocycles. The Bertz CT molecular complexity index is 677. The van der Waals surface area contributed by atoms with Gasteiger partial charge in [0, 0.05) is 5.39 Å². The zero-order valence-corrected chi connectivity index (χ0v) is 10.4. The van der Waals surface area contributed by atoms with Gasteiger partial charge in [0.15, 0.2) is 0 Å². The molecule has 19 heavy (non-hydrogen) atoms. The van der Waals surface area contributed by atoms with E-state index in [-0.39, 0.29) is 11.9 Å². The number of hydrogen-bond donors (Lipinski definition) is 2. The molecule has 0 saturated carbocycles. The fourth-order valence-corrected chi connectivity index (χ4v) is 2.08. The number of nitrogens with one attached hydrogen (secondary N) is 2. The fraction of sp³-hybridized carbons (Fsp3) is 0.231. The van der Waals surface area contributed by atoms with Gasteiger partial charge in [-0.3, -0.25) is 0 Å². The van der Waals surface area contributed by atoms with Crippen molar-refractivity contribution in [3.63, 3.8) is 0 Å². The smallest absolute Gasteiger partial charge is 0.134 e. The lowest BCUT2D eigenvalue weighted by molar-refractivity contribution is 0.470. The Kier molecular flexibility index (Phi) is 3.00. The second-order valence-electron chi connectivity index (χ2n) is 4.22. The summed E-state index contributed by atoms with van der Waals surface area (Å²) in [6, 6.07) is 6.09. The minimum absolute atomic E-state index is 0.195. The standard InChI is InChI=1S/C13H13FN4O/c1-2-15-13(10-7-16-18-17-10)12-6-8-5-9(14)3-4-11(8)19-12/h3-7,13,15H,2H2,1H3,(H,16,17,18). The largest absolute Gasteiger partial charge is 0.459 e. The third-order valence-electron chi connectivity index (χ3n) is 2.92. The molecule has 0 fully saturated rings. The number of aromatic amines is 1. The van der Waals surface area contributed by atoms with Crippen LogP contribution in [-0.2, 0) is 0 Å². The molecule has 0 saturated heterocycles. The number of H-pyrrole nitrogens is 1. The van der Waals surface area contributed by atoms with E-state index in [4.69, 9.17) is 4.42 Å². The summed E-state index contributed by atoms with van der Waals surface area (Å²) < 4.78 is 18.9. The van der Waals surface area contributed by atoms with Gasteiger partial charge in [0.25, 0.3) is 0 Å². The molecular weight excluding hydrogens is 247 g/mol. The van der Waals surface area contributed by atoms with Crippen LogP contribution in [0, 0.1) is 5.82 Å². The van der Waals surface area contributed by atoms with Crippen LogP contribution in [0.2, 0.25) is 0 Å². The van der Waals surface area contributed by atoms with Crippen molar-refractivity contribution in [2.45, 2.75) is 13.0 Å². The second-order valence-corrected chi connectivity index (χ2v) is 4.22. The monoisotopic (exact) mass is 260 g/mol. The van der Waals surface area contributed by atoms with Gasteiger partial charge in [-0.25, -0.2) is 4.39 Å². The number of benzene rings is 1. The molecule has 1 unspecified atom stereocenters. The summed E-state index contributed by atoms with van der Waals surface area (Å²) in [4.78, 5) is 0. The van der Waals surface area contributed by atoms with Gasteiger partial charge in [-0.05, 0) is 30.8 Å². The molecule has 0 aliphatic heterocycles. The molecule has 2 N–H and O–H groups in total. The predicted molar refractivity (Wildman–Crippen MR) is 68.1 cm³/mol. The maximum absolute atomic E-state index is 13.2. The van der Waals surface area contributed by atoms with E-state index in [1.807, 2.05) is 13.0 Å². The maximum Gasteiger partial charge on any atom is 0.134 e. The molecule has 0 spiro atoms. The number of nitrogens with zero attached hydrogens (tertiary/aromatic N) is 2.